The average molecular weight is 415 g/mol. The molecule has 1 atom stereocenters. The van der Waals surface area contributed by atoms with Crippen molar-refractivity contribution in [1.29, 1.82) is 0 Å². The second kappa shape index (κ2) is 7.45. The van der Waals surface area contributed by atoms with E-state index in [9.17, 15) is 4.79 Å². The molecule has 0 saturated carbocycles. The molecule has 0 fully saturated rings. The van der Waals surface area contributed by atoms with Crippen LogP contribution < -0.4 is 21.0 Å². The summed E-state index contributed by atoms with van der Waals surface area (Å²) in [6.07, 6.45) is 0. The Labute approximate surface area is 171 Å². The van der Waals surface area contributed by atoms with Gasteiger partial charge in [-0.1, -0.05) is 41.6 Å². The van der Waals surface area contributed by atoms with Gasteiger partial charge in [-0.3, -0.25) is 0 Å². The quantitative estimate of drug-likeness (QED) is 0.579. The first kappa shape index (κ1) is 18.8. The second-order valence-corrected chi connectivity index (χ2v) is 7.99. The molecule has 2 N–H and O–H groups in total. The fourth-order valence-electron chi connectivity index (χ4n) is 3.33. The molecular weight excluding hydrogens is 396 g/mol. The van der Waals surface area contributed by atoms with Gasteiger partial charge in [0.25, 0.3) is 0 Å². The van der Waals surface area contributed by atoms with Gasteiger partial charge in [0.15, 0.2) is 5.58 Å². The number of hydrogen-bond donors (Lipinski definition) is 2. The molecule has 2 heterocycles. The Kier molecular flexibility index (Phi) is 5.00. The summed E-state index contributed by atoms with van der Waals surface area (Å²) in [4.78, 5) is 12.5. The summed E-state index contributed by atoms with van der Waals surface area (Å²) >= 11 is 7.66. The van der Waals surface area contributed by atoms with E-state index in [2.05, 4.69) is 16.7 Å². The van der Waals surface area contributed by atoms with Crippen molar-refractivity contribution < 1.29 is 9.15 Å². The van der Waals surface area contributed by atoms with Gasteiger partial charge in [-0.2, -0.15) is 0 Å². The standard InChI is InChI=1S/C21H19ClN2O3S/c1-11-7-12(2)18(26-3)16(8-11)23-21-24-17(10-28-21)14-9-13-5-4-6-15(22)19(13)27-20(14)25/h4-10,21,23-24H,1-3H3. The number of thioether (sulfide) groups is 1. The van der Waals surface area contributed by atoms with E-state index in [-0.39, 0.29) is 5.50 Å². The monoisotopic (exact) mass is 414 g/mol. The van der Waals surface area contributed by atoms with Crippen molar-refractivity contribution >= 4 is 45.7 Å². The summed E-state index contributed by atoms with van der Waals surface area (Å²) < 4.78 is 11.0. The molecule has 3 aromatic rings. The van der Waals surface area contributed by atoms with E-state index in [1.807, 2.05) is 37.5 Å². The van der Waals surface area contributed by atoms with Crippen LogP contribution in [0.3, 0.4) is 0 Å². The van der Waals surface area contributed by atoms with Crippen LogP contribution in [0.1, 0.15) is 16.7 Å². The molecule has 0 amide bonds. The van der Waals surface area contributed by atoms with Gasteiger partial charge in [0.1, 0.15) is 11.2 Å². The molecule has 4 rings (SSSR count). The third kappa shape index (κ3) is 3.45. The van der Waals surface area contributed by atoms with Crippen LogP contribution >= 0.6 is 23.4 Å². The van der Waals surface area contributed by atoms with Crippen LogP contribution in [-0.4, -0.2) is 12.6 Å². The molecule has 0 aliphatic carbocycles. The van der Waals surface area contributed by atoms with E-state index >= 15 is 0 Å². The van der Waals surface area contributed by atoms with Crippen LogP contribution in [0.15, 0.2) is 51.0 Å². The lowest BCUT2D eigenvalue weighted by atomic mass is 10.1. The highest BCUT2D eigenvalue weighted by atomic mass is 35.5. The number of halogens is 1. The summed E-state index contributed by atoms with van der Waals surface area (Å²) in [5, 5.41) is 9.87. The fraction of sp³-hybridized carbons (Fsp3) is 0.190. The maximum Gasteiger partial charge on any atom is 0.345 e. The highest BCUT2D eigenvalue weighted by molar-refractivity contribution is 8.03. The molecule has 0 spiro atoms. The van der Waals surface area contributed by atoms with E-state index < -0.39 is 5.63 Å². The SMILES string of the molecule is COc1c(C)cc(C)cc1NC1NC(c2cc3cccc(Cl)c3oc2=O)=CS1. The zero-order valence-electron chi connectivity index (χ0n) is 15.6. The third-order valence-corrected chi connectivity index (χ3v) is 5.70. The molecule has 0 bridgehead atoms. The van der Waals surface area contributed by atoms with Crippen molar-refractivity contribution in [3.8, 4) is 5.75 Å². The number of aryl methyl sites for hydroxylation is 2. The third-order valence-electron chi connectivity index (χ3n) is 4.52. The molecule has 1 unspecified atom stereocenters. The van der Waals surface area contributed by atoms with Gasteiger partial charge >= 0.3 is 5.63 Å². The maximum atomic E-state index is 12.5. The number of para-hydroxylation sites is 1. The van der Waals surface area contributed by atoms with Gasteiger partial charge < -0.3 is 19.8 Å². The van der Waals surface area contributed by atoms with Gasteiger partial charge in [0.05, 0.1) is 29.1 Å². The lowest BCUT2D eigenvalue weighted by molar-refractivity contribution is 0.413. The molecule has 0 saturated heterocycles. The fourth-order valence-corrected chi connectivity index (χ4v) is 4.40. The summed E-state index contributed by atoms with van der Waals surface area (Å²) in [6, 6.07) is 11.3. The van der Waals surface area contributed by atoms with Crippen molar-refractivity contribution in [3.05, 3.63) is 73.9 Å². The van der Waals surface area contributed by atoms with Crippen molar-refractivity contribution in [2.45, 2.75) is 19.3 Å². The van der Waals surface area contributed by atoms with Gasteiger partial charge in [0.2, 0.25) is 0 Å². The molecule has 0 radical (unpaired) electrons. The molecule has 1 aliphatic heterocycles. The summed E-state index contributed by atoms with van der Waals surface area (Å²) in [7, 11) is 1.66. The van der Waals surface area contributed by atoms with Crippen molar-refractivity contribution in [2.75, 3.05) is 12.4 Å². The number of rotatable bonds is 4. The lowest BCUT2D eigenvalue weighted by Crippen LogP contribution is -2.29. The summed E-state index contributed by atoms with van der Waals surface area (Å²) in [5.41, 5.74) is 4.12. The zero-order valence-corrected chi connectivity index (χ0v) is 17.2. The number of fused-ring (bicyclic) bond motifs is 1. The van der Waals surface area contributed by atoms with Crippen LogP contribution in [0.25, 0.3) is 16.7 Å². The molecule has 1 aliphatic rings. The highest BCUT2D eigenvalue weighted by Gasteiger charge is 2.22. The van der Waals surface area contributed by atoms with Gasteiger partial charge in [-0.15, -0.1) is 0 Å². The van der Waals surface area contributed by atoms with E-state index in [1.54, 1.807) is 31.0 Å². The Morgan fingerprint density at radius 3 is 2.86 bits per heavy atom. The van der Waals surface area contributed by atoms with Crippen molar-refractivity contribution in [1.82, 2.24) is 5.32 Å². The highest BCUT2D eigenvalue weighted by Crippen LogP contribution is 2.34. The Morgan fingerprint density at radius 1 is 1.25 bits per heavy atom. The van der Waals surface area contributed by atoms with Crippen molar-refractivity contribution in [3.63, 3.8) is 0 Å². The number of anilines is 1. The van der Waals surface area contributed by atoms with Gasteiger partial charge in [0, 0.05) is 5.39 Å². The van der Waals surface area contributed by atoms with Gasteiger partial charge in [-0.25, -0.2) is 4.79 Å². The number of methoxy groups -OCH3 is 1. The minimum absolute atomic E-state index is 0.139. The zero-order chi connectivity index (χ0) is 19.8. The summed E-state index contributed by atoms with van der Waals surface area (Å²) in [6.45, 7) is 4.06. The Bertz CT molecular complexity index is 1160. The first-order chi connectivity index (χ1) is 13.5. The van der Waals surface area contributed by atoms with E-state index in [1.165, 1.54) is 0 Å². The molecular formula is C21H19ClN2O3S. The predicted molar refractivity (Wildman–Crippen MR) is 116 cm³/mol. The largest absolute Gasteiger partial charge is 0.494 e. The first-order valence-corrected chi connectivity index (χ1v) is 10.0. The topological polar surface area (TPSA) is 63.5 Å². The maximum absolute atomic E-state index is 12.5. The molecule has 28 heavy (non-hydrogen) atoms. The lowest BCUT2D eigenvalue weighted by Gasteiger charge is -2.19. The minimum atomic E-state index is -0.426. The molecule has 5 nitrogen and oxygen atoms in total. The van der Waals surface area contributed by atoms with Crippen LogP contribution in [-0.2, 0) is 0 Å². The van der Waals surface area contributed by atoms with E-state index in [0.29, 0.717) is 21.9 Å². The molecule has 1 aromatic heterocycles. The summed E-state index contributed by atoms with van der Waals surface area (Å²) in [5.74, 6) is 0.807. The number of benzene rings is 2. The smallest absolute Gasteiger partial charge is 0.345 e. The number of ether oxygens (including phenoxy) is 1. The Hall–Kier alpha value is -2.57. The Morgan fingerprint density at radius 2 is 2.07 bits per heavy atom. The average Bonchev–Trinajstić information content (AvgIpc) is 3.10. The van der Waals surface area contributed by atoms with E-state index in [4.69, 9.17) is 20.8 Å². The molecule has 2 aromatic carbocycles. The minimum Gasteiger partial charge on any atom is -0.494 e. The van der Waals surface area contributed by atoms with Crippen LogP contribution in [0.2, 0.25) is 5.02 Å². The molecule has 7 heteroatoms. The number of hydrogen-bond acceptors (Lipinski definition) is 6. The van der Waals surface area contributed by atoms with Crippen LogP contribution in [0.5, 0.6) is 5.75 Å². The Balaban J connectivity index is 1.59. The number of nitrogens with one attached hydrogen (secondary N) is 2. The predicted octanol–water partition coefficient (Wildman–Crippen LogP) is 5.10. The van der Waals surface area contributed by atoms with Crippen molar-refractivity contribution in [2.24, 2.45) is 0 Å². The second-order valence-electron chi connectivity index (χ2n) is 6.60. The van der Waals surface area contributed by atoms with Gasteiger partial charge in [-0.05, 0) is 48.6 Å². The van der Waals surface area contributed by atoms with Crippen LogP contribution in [0, 0.1) is 13.8 Å². The normalized spacial score (nSPS) is 16.0. The molecule has 144 valence electrons. The first-order valence-electron chi connectivity index (χ1n) is 8.73. The van der Waals surface area contributed by atoms with Crippen LogP contribution in [0.4, 0.5) is 5.69 Å². The van der Waals surface area contributed by atoms with E-state index in [0.717, 1.165) is 28.0 Å².